The number of aryl methyl sites for hydroxylation is 1. The molecule has 0 radical (unpaired) electrons. The van der Waals surface area contributed by atoms with Crippen molar-refractivity contribution in [3.05, 3.63) is 52.4 Å². The summed E-state index contributed by atoms with van der Waals surface area (Å²) in [5, 5.41) is 12.6. The van der Waals surface area contributed by atoms with Gasteiger partial charge in [-0.1, -0.05) is 18.5 Å². The van der Waals surface area contributed by atoms with Crippen LogP contribution in [0.1, 0.15) is 33.5 Å². The number of carboxylic acid groups (broad SMARTS) is 1. The molecular weight excluding hydrogens is 386 g/mol. The molecule has 0 aliphatic heterocycles. The molecule has 0 saturated carbocycles. The maximum atomic E-state index is 13.0. The Balaban J connectivity index is 2.10. The van der Waals surface area contributed by atoms with E-state index in [0.717, 1.165) is 0 Å². The van der Waals surface area contributed by atoms with Crippen LogP contribution in [0.3, 0.4) is 0 Å². The molecule has 0 aliphatic rings. The van der Waals surface area contributed by atoms with E-state index >= 15 is 0 Å². The summed E-state index contributed by atoms with van der Waals surface area (Å²) in [6.07, 6.45) is 2.10. The van der Waals surface area contributed by atoms with Crippen molar-refractivity contribution in [2.75, 3.05) is 19.5 Å². The van der Waals surface area contributed by atoms with Gasteiger partial charge in [0.25, 0.3) is 5.91 Å². The molecule has 0 aliphatic carbocycles. The van der Waals surface area contributed by atoms with E-state index in [1.54, 1.807) is 22.7 Å². The third-order valence-corrected chi connectivity index (χ3v) is 4.43. The Bertz CT molecular complexity index is 1080. The molecule has 1 amide bonds. The lowest BCUT2D eigenvalue weighted by Gasteiger charge is -2.14. The molecule has 0 saturated heterocycles. The highest BCUT2D eigenvalue weighted by Crippen LogP contribution is 2.34. The largest absolute Gasteiger partial charge is 0.493 e. The SMILES string of the molecule is CCc1nc2ccc(Cl)cn2c1C(=O)Nc1cc(OC)c(OC)cc1C(=O)O. The Morgan fingerprint density at radius 3 is 2.50 bits per heavy atom. The molecule has 2 N–H and O–H groups in total. The number of carbonyl (C=O) groups is 2. The Morgan fingerprint density at radius 1 is 1.21 bits per heavy atom. The van der Waals surface area contributed by atoms with Crippen LogP contribution in [0.25, 0.3) is 5.65 Å². The van der Waals surface area contributed by atoms with Gasteiger partial charge >= 0.3 is 5.97 Å². The number of amides is 1. The number of rotatable bonds is 6. The van der Waals surface area contributed by atoms with Gasteiger partial charge in [-0.05, 0) is 18.6 Å². The molecule has 8 nitrogen and oxygen atoms in total. The Labute approximate surface area is 165 Å². The normalized spacial score (nSPS) is 10.7. The van der Waals surface area contributed by atoms with E-state index in [4.69, 9.17) is 21.1 Å². The topological polar surface area (TPSA) is 102 Å². The van der Waals surface area contributed by atoms with Gasteiger partial charge in [-0.15, -0.1) is 0 Å². The smallest absolute Gasteiger partial charge is 0.337 e. The Hall–Kier alpha value is -3.26. The third-order valence-electron chi connectivity index (χ3n) is 4.21. The molecule has 0 spiro atoms. The van der Waals surface area contributed by atoms with Crippen LogP contribution in [-0.2, 0) is 6.42 Å². The molecule has 0 unspecified atom stereocenters. The first-order valence-electron chi connectivity index (χ1n) is 8.36. The van der Waals surface area contributed by atoms with Gasteiger partial charge in [0.15, 0.2) is 11.5 Å². The van der Waals surface area contributed by atoms with Crippen molar-refractivity contribution in [3.8, 4) is 11.5 Å². The average Bonchev–Trinajstić information content (AvgIpc) is 3.05. The number of hydrogen-bond donors (Lipinski definition) is 2. The van der Waals surface area contributed by atoms with Crippen molar-refractivity contribution in [1.82, 2.24) is 9.38 Å². The van der Waals surface area contributed by atoms with Crippen LogP contribution < -0.4 is 14.8 Å². The molecule has 3 aromatic rings. The number of aromatic nitrogens is 2. The van der Waals surface area contributed by atoms with Crippen molar-refractivity contribution in [1.29, 1.82) is 0 Å². The van der Waals surface area contributed by atoms with Crippen molar-refractivity contribution in [2.24, 2.45) is 0 Å². The fourth-order valence-corrected chi connectivity index (χ4v) is 3.06. The van der Waals surface area contributed by atoms with Crippen LogP contribution in [0.2, 0.25) is 5.02 Å². The zero-order valence-electron chi connectivity index (χ0n) is 15.4. The minimum atomic E-state index is -1.21. The Kier molecular flexibility index (Phi) is 5.41. The second kappa shape index (κ2) is 7.77. The van der Waals surface area contributed by atoms with Gasteiger partial charge in [-0.25, -0.2) is 9.78 Å². The number of hydrogen-bond acceptors (Lipinski definition) is 5. The summed E-state index contributed by atoms with van der Waals surface area (Å²) in [6.45, 7) is 1.87. The van der Waals surface area contributed by atoms with Gasteiger partial charge in [0, 0.05) is 18.3 Å². The summed E-state index contributed by atoms with van der Waals surface area (Å²) in [7, 11) is 2.82. The highest BCUT2D eigenvalue weighted by Gasteiger charge is 2.22. The van der Waals surface area contributed by atoms with E-state index in [1.165, 1.54) is 26.4 Å². The number of fused-ring (bicyclic) bond motifs is 1. The number of halogens is 1. The highest BCUT2D eigenvalue weighted by atomic mass is 35.5. The molecule has 0 fully saturated rings. The standard InChI is InChI=1S/C19H18ClN3O5/c1-4-12-17(23-9-10(20)5-6-16(23)21-12)18(24)22-13-8-15(28-3)14(27-2)7-11(13)19(25)26/h5-9H,4H2,1-3H3,(H,22,24)(H,25,26). The number of imidazole rings is 1. The first-order chi connectivity index (χ1) is 13.4. The molecule has 9 heteroatoms. The summed E-state index contributed by atoms with van der Waals surface area (Å²) in [5.41, 5.74) is 1.37. The van der Waals surface area contributed by atoms with Crippen molar-refractivity contribution in [2.45, 2.75) is 13.3 Å². The van der Waals surface area contributed by atoms with Crippen molar-refractivity contribution >= 4 is 34.8 Å². The quantitative estimate of drug-likeness (QED) is 0.652. The molecule has 146 valence electrons. The minimum absolute atomic E-state index is 0.0779. The second-order valence-corrected chi connectivity index (χ2v) is 6.28. The Morgan fingerprint density at radius 2 is 1.89 bits per heavy atom. The summed E-state index contributed by atoms with van der Waals surface area (Å²) in [5.74, 6) is -1.19. The van der Waals surface area contributed by atoms with Crippen LogP contribution in [0.5, 0.6) is 11.5 Å². The number of ether oxygens (including phenoxy) is 2. The average molecular weight is 404 g/mol. The van der Waals surface area contributed by atoms with E-state index in [2.05, 4.69) is 10.3 Å². The predicted octanol–water partition coefficient (Wildman–Crippen LogP) is 3.52. The number of nitrogens with zero attached hydrogens (tertiary/aromatic N) is 2. The van der Waals surface area contributed by atoms with Gasteiger partial charge in [0.1, 0.15) is 11.3 Å². The van der Waals surface area contributed by atoms with Gasteiger partial charge in [0.05, 0.1) is 36.2 Å². The van der Waals surface area contributed by atoms with Crippen LogP contribution in [0, 0.1) is 0 Å². The molecule has 0 bridgehead atoms. The molecule has 2 heterocycles. The van der Waals surface area contributed by atoms with Crippen molar-refractivity contribution in [3.63, 3.8) is 0 Å². The fourth-order valence-electron chi connectivity index (χ4n) is 2.90. The molecule has 3 rings (SSSR count). The van der Waals surface area contributed by atoms with Crippen molar-refractivity contribution < 1.29 is 24.2 Å². The lowest BCUT2D eigenvalue weighted by Crippen LogP contribution is -2.18. The number of carbonyl (C=O) groups excluding carboxylic acids is 1. The van der Waals surface area contributed by atoms with Gasteiger partial charge in [0.2, 0.25) is 0 Å². The monoisotopic (exact) mass is 403 g/mol. The van der Waals surface area contributed by atoms with Crippen LogP contribution in [0.4, 0.5) is 5.69 Å². The first-order valence-corrected chi connectivity index (χ1v) is 8.74. The van der Waals surface area contributed by atoms with E-state index < -0.39 is 11.9 Å². The van der Waals surface area contributed by atoms with E-state index in [-0.39, 0.29) is 22.7 Å². The van der Waals surface area contributed by atoms with E-state index in [1.807, 2.05) is 6.92 Å². The van der Waals surface area contributed by atoms with Crippen LogP contribution in [-0.4, -0.2) is 40.6 Å². The molecule has 1 aromatic carbocycles. The third kappa shape index (κ3) is 3.46. The summed E-state index contributed by atoms with van der Waals surface area (Å²) in [6, 6.07) is 6.09. The number of nitrogens with one attached hydrogen (secondary N) is 1. The number of anilines is 1. The summed E-state index contributed by atoms with van der Waals surface area (Å²) >= 11 is 6.06. The molecule has 2 aromatic heterocycles. The molecule has 28 heavy (non-hydrogen) atoms. The summed E-state index contributed by atoms with van der Waals surface area (Å²) in [4.78, 5) is 29.1. The number of pyridine rings is 1. The highest BCUT2D eigenvalue weighted by molar-refractivity contribution is 6.30. The zero-order chi connectivity index (χ0) is 20.4. The van der Waals surface area contributed by atoms with Crippen LogP contribution in [0.15, 0.2) is 30.5 Å². The zero-order valence-corrected chi connectivity index (χ0v) is 16.2. The number of benzene rings is 1. The lowest BCUT2D eigenvalue weighted by atomic mass is 10.1. The van der Waals surface area contributed by atoms with E-state index in [9.17, 15) is 14.7 Å². The summed E-state index contributed by atoms with van der Waals surface area (Å²) < 4.78 is 11.9. The maximum absolute atomic E-state index is 13.0. The van der Waals surface area contributed by atoms with E-state index in [0.29, 0.717) is 28.5 Å². The number of methoxy groups -OCH3 is 2. The second-order valence-electron chi connectivity index (χ2n) is 5.85. The van der Waals surface area contributed by atoms with Gasteiger partial charge in [-0.2, -0.15) is 0 Å². The number of aromatic carboxylic acids is 1. The molecular formula is C19H18ClN3O5. The lowest BCUT2D eigenvalue weighted by molar-refractivity contribution is 0.0697. The minimum Gasteiger partial charge on any atom is -0.493 e. The number of carboxylic acids is 1. The van der Waals surface area contributed by atoms with Gasteiger partial charge < -0.3 is 19.9 Å². The maximum Gasteiger partial charge on any atom is 0.337 e. The molecule has 0 atom stereocenters. The predicted molar refractivity (Wildman–Crippen MR) is 104 cm³/mol. The first kappa shape index (κ1) is 19.5. The van der Waals surface area contributed by atoms with Gasteiger partial charge in [-0.3, -0.25) is 9.20 Å². The fraction of sp³-hybridized carbons (Fsp3) is 0.211. The van der Waals surface area contributed by atoms with Crippen LogP contribution >= 0.6 is 11.6 Å².